The van der Waals surface area contributed by atoms with E-state index in [2.05, 4.69) is 17.2 Å². The lowest BCUT2D eigenvalue weighted by atomic mass is 9.97. The van der Waals surface area contributed by atoms with Gasteiger partial charge in [-0.1, -0.05) is 26.7 Å². The van der Waals surface area contributed by atoms with Crippen LogP contribution in [-0.2, 0) is 14.3 Å². The minimum atomic E-state index is -0.223. The van der Waals surface area contributed by atoms with Gasteiger partial charge in [-0.05, 0) is 19.8 Å². The zero-order chi connectivity index (χ0) is 17.9. The van der Waals surface area contributed by atoms with Gasteiger partial charge < -0.3 is 15.0 Å². The molecule has 2 amide bonds. The molecule has 1 atom stereocenters. The van der Waals surface area contributed by atoms with Crippen molar-refractivity contribution in [3.05, 3.63) is 11.1 Å². The van der Waals surface area contributed by atoms with Gasteiger partial charge in [0.25, 0.3) is 0 Å². The van der Waals surface area contributed by atoms with Crippen molar-refractivity contribution in [1.82, 2.24) is 9.88 Å². The fourth-order valence-electron chi connectivity index (χ4n) is 2.42. The van der Waals surface area contributed by atoms with Crippen LogP contribution in [0.15, 0.2) is 6.20 Å². The fourth-order valence-corrected chi connectivity index (χ4v) is 3.10. The molecule has 0 aliphatic carbocycles. The first-order valence-corrected chi connectivity index (χ1v) is 9.33. The van der Waals surface area contributed by atoms with E-state index in [0.717, 1.165) is 30.6 Å². The second-order valence-corrected chi connectivity index (χ2v) is 7.06. The molecule has 136 valence electrons. The van der Waals surface area contributed by atoms with Gasteiger partial charge in [0.15, 0.2) is 5.13 Å². The number of unbranched alkanes of at least 4 members (excludes halogenated alkanes) is 1. The van der Waals surface area contributed by atoms with Crippen molar-refractivity contribution < 1.29 is 14.3 Å². The van der Waals surface area contributed by atoms with Crippen molar-refractivity contribution in [2.45, 2.75) is 46.5 Å². The highest BCUT2D eigenvalue weighted by molar-refractivity contribution is 7.15. The Morgan fingerprint density at radius 1 is 1.42 bits per heavy atom. The smallest absolute Gasteiger partial charge is 0.245 e. The first-order chi connectivity index (χ1) is 11.5. The first kappa shape index (κ1) is 20.6. The monoisotopic (exact) mass is 355 g/mol. The molecule has 1 unspecified atom stereocenters. The number of aryl methyl sites for hydroxylation is 1. The Bertz CT molecular complexity index is 519. The van der Waals surface area contributed by atoms with Crippen LogP contribution in [0.3, 0.4) is 0 Å². The third-order valence-electron chi connectivity index (χ3n) is 3.83. The number of aromatic nitrogens is 1. The Morgan fingerprint density at radius 2 is 2.17 bits per heavy atom. The van der Waals surface area contributed by atoms with Crippen molar-refractivity contribution in [2.24, 2.45) is 5.92 Å². The number of hydrogen-bond acceptors (Lipinski definition) is 5. The number of nitrogens with zero attached hydrogens (tertiary/aromatic N) is 2. The van der Waals surface area contributed by atoms with Crippen LogP contribution >= 0.6 is 11.3 Å². The van der Waals surface area contributed by atoms with E-state index in [1.54, 1.807) is 18.2 Å². The SMILES string of the molecule is CCCCC(CC)C(=O)N(CCOC)CC(=O)Nc1ncc(C)s1. The van der Waals surface area contributed by atoms with E-state index >= 15 is 0 Å². The zero-order valence-electron chi connectivity index (χ0n) is 15.1. The number of methoxy groups -OCH3 is 1. The average molecular weight is 356 g/mol. The quantitative estimate of drug-likeness (QED) is 0.662. The highest BCUT2D eigenvalue weighted by Crippen LogP contribution is 2.18. The van der Waals surface area contributed by atoms with Crippen LogP contribution in [0, 0.1) is 12.8 Å². The molecule has 0 saturated carbocycles. The normalized spacial score (nSPS) is 12.0. The zero-order valence-corrected chi connectivity index (χ0v) is 15.9. The summed E-state index contributed by atoms with van der Waals surface area (Å²) in [5, 5.41) is 3.32. The fraction of sp³-hybridized carbons (Fsp3) is 0.706. The Labute approximate surface area is 148 Å². The van der Waals surface area contributed by atoms with Crippen molar-refractivity contribution in [1.29, 1.82) is 0 Å². The van der Waals surface area contributed by atoms with Crippen LogP contribution < -0.4 is 5.32 Å². The van der Waals surface area contributed by atoms with Gasteiger partial charge in [0, 0.05) is 30.6 Å². The van der Waals surface area contributed by atoms with Gasteiger partial charge >= 0.3 is 0 Å². The summed E-state index contributed by atoms with van der Waals surface area (Å²) < 4.78 is 5.08. The minimum Gasteiger partial charge on any atom is -0.383 e. The maximum absolute atomic E-state index is 12.8. The number of carbonyl (C=O) groups excluding carboxylic acids is 2. The van der Waals surface area contributed by atoms with Gasteiger partial charge in [-0.15, -0.1) is 11.3 Å². The maximum Gasteiger partial charge on any atom is 0.245 e. The van der Waals surface area contributed by atoms with Crippen molar-refractivity contribution in [3.63, 3.8) is 0 Å². The summed E-state index contributed by atoms with van der Waals surface area (Å²) >= 11 is 1.42. The van der Waals surface area contributed by atoms with Crippen LogP contribution in [0.2, 0.25) is 0 Å². The molecule has 0 aliphatic heterocycles. The molecule has 0 bridgehead atoms. The van der Waals surface area contributed by atoms with Crippen LogP contribution in [0.1, 0.15) is 44.4 Å². The van der Waals surface area contributed by atoms with Gasteiger partial charge in [-0.3, -0.25) is 9.59 Å². The summed E-state index contributed by atoms with van der Waals surface area (Å²) in [4.78, 5) is 31.8. The number of hydrogen-bond donors (Lipinski definition) is 1. The molecule has 6 nitrogen and oxygen atoms in total. The van der Waals surface area contributed by atoms with E-state index < -0.39 is 0 Å². The molecule has 0 radical (unpaired) electrons. The molecule has 1 N–H and O–H groups in total. The number of rotatable bonds is 11. The summed E-state index contributed by atoms with van der Waals surface area (Å²) in [5.74, 6) is -0.218. The number of nitrogens with one attached hydrogen (secondary N) is 1. The highest BCUT2D eigenvalue weighted by atomic mass is 32.1. The molecule has 0 aliphatic rings. The number of ether oxygens (including phenoxy) is 1. The number of amides is 2. The molecule has 1 heterocycles. The number of anilines is 1. The van der Waals surface area contributed by atoms with E-state index in [1.165, 1.54) is 11.3 Å². The summed E-state index contributed by atoms with van der Waals surface area (Å²) in [7, 11) is 1.59. The van der Waals surface area contributed by atoms with Gasteiger partial charge in [-0.2, -0.15) is 0 Å². The van der Waals surface area contributed by atoms with Crippen molar-refractivity contribution >= 4 is 28.3 Å². The lowest BCUT2D eigenvalue weighted by molar-refractivity contribution is -0.139. The van der Waals surface area contributed by atoms with Crippen molar-refractivity contribution in [2.75, 3.05) is 32.1 Å². The van der Waals surface area contributed by atoms with Crippen LogP contribution in [0.5, 0.6) is 0 Å². The van der Waals surface area contributed by atoms with Gasteiger partial charge in [0.1, 0.15) is 6.54 Å². The predicted molar refractivity (Wildman–Crippen MR) is 97.2 cm³/mol. The third-order valence-corrected chi connectivity index (χ3v) is 4.66. The number of thiazole rings is 1. The summed E-state index contributed by atoms with van der Waals surface area (Å²) in [6.07, 6.45) is 5.45. The molecule has 1 rings (SSSR count). The standard InChI is InChI=1S/C17H29N3O3S/c1-5-7-8-14(6-2)16(22)20(9-10-23-4)12-15(21)19-17-18-11-13(3)24-17/h11,14H,5-10,12H2,1-4H3,(H,18,19,21). The highest BCUT2D eigenvalue weighted by Gasteiger charge is 2.24. The van der Waals surface area contributed by atoms with Crippen LogP contribution in [-0.4, -0.2) is 48.5 Å². The van der Waals surface area contributed by atoms with Crippen molar-refractivity contribution in [3.8, 4) is 0 Å². The largest absolute Gasteiger partial charge is 0.383 e. The topological polar surface area (TPSA) is 71.5 Å². The Balaban J connectivity index is 2.68. The van der Waals surface area contributed by atoms with Gasteiger partial charge in [0.05, 0.1) is 6.61 Å². The molecule has 7 heteroatoms. The Kier molecular flexibility index (Phi) is 9.56. The van der Waals surface area contributed by atoms with Crippen LogP contribution in [0.25, 0.3) is 0 Å². The molecule has 0 fully saturated rings. The summed E-state index contributed by atoms with van der Waals surface area (Å²) in [6, 6.07) is 0. The minimum absolute atomic E-state index is 0.0308. The number of carbonyl (C=O) groups is 2. The van der Waals surface area contributed by atoms with E-state index in [-0.39, 0.29) is 24.3 Å². The average Bonchev–Trinajstić information content (AvgIpc) is 2.96. The molecule has 0 saturated heterocycles. The second-order valence-electron chi connectivity index (χ2n) is 5.82. The van der Waals surface area contributed by atoms with Gasteiger partial charge in [-0.25, -0.2) is 4.98 Å². The van der Waals surface area contributed by atoms with E-state index in [1.807, 2.05) is 13.8 Å². The molecule has 24 heavy (non-hydrogen) atoms. The Morgan fingerprint density at radius 3 is 2.71 bits per heavy atom. The van der Waals surface area contributed by atoms with E-state index in [0.29, 0.717) is 18.3 Å². The summed E-state index contributed by atoms with van der Waals surface area (Å²) in [5.41, 5.74) is 0. The molecule has 1 aromatic rings. The first-order valence-electron chi connectivity index (χ1n) is 8.51. The lowest BCUT2D eigenvalue weighted by Gasteiger charge is -2.26. The van der Waals surface area contributed by atoms with Gasteiger partial charge in [0.2, 0.25) is 11.8 Å². The van der Waals surface area contributed by atoms with Crippen LogP contribution in [0.4, 0.5) is 5.13 Å². The molecule has 0 spiro atoms. The Hall–Kier alpha value is -1.47. The van der Waals surface area contributed by atoms with E-state index in [9.17, 15) is 9.59 Å². The van der Waals surface area contributed by atoms with E-state index in [4.69, 9.17) is 4.74 Å². The second kappa shape index (κ2) is 11.1. The molecule has 0 aromatic carbocycles. The lowest BCUT2D eigenvalue weighted by Crippen LogP contribution is -2.43. The predicted octanol–water partition coefficient (Wildman–Crippen LogP) is 3.08. The molecular weight excluding hydrogens is 326 g/mol. The third kappa shape index (κ3) is 6.97. The molecular formula is C17H29N3O3S. The maximum atomic E-state index is 12.8. The summed E-state index contributed by atoms with van der Waals surface area (Å²) in [6.45, 7) is 6.93. The molecule has 1 aromatic heterocycles.